The second-order valence-corrected chi connectivity index (χ2v) is 6.78. The summed E-state index contributed by atoms with van der Waals surface area (Å²) in [4.78, 5) is 23.1. The first kappa shape index (κ1) is 14.6. The maximum absolute atomic E-state index is 12.7. The Morgan fingerprint density at radius 2 is 1.83 bits per heavy atom. The average molecular weight is 313 g/mol. The second kappa shape index (κ2) is 6.26. The highest BCUT2D eigenvalue weighted by Crippen LogP contribution is 2.31. The van der Waals surface area contributed by atoms with Crippen LogP contribution in [0.4, 0.5) is 0 Å². The van der Waals surface area contributed by atoms with Crippen LogP contribution in [0, 0.1) is 5.92 Å². The summed E-state index contributed by atoms with van der Waals surface area (Å²) in [6, 6.07) is 2.03. The number of likely N-dealkylation sites (tertiary alicyclic amines) is 1. The number of nitrogens with zero attached hydrogens (tertiary/aromatic N) is 5. The van der Waals surface area contributed by atoms with Gasteiger partial charge in [0.05, 0.1) is 5.69 Å². The minimum atomic E-state index is 0.281. The monoisotopic (exact) mass is 313 g/mol. The van der Waals surface area contributed by atoms with Crippen molar-refractivity contribution in [2.75, 3.05) is 13.1 Å². The van der Waals surface area contributed by atoms with Gasteiger partial charge < -0.3 is 4.90 Å². The van der Waals surface area contributed by atoms with Gasteiger partial charge in [-0.05, 0) is 31.7 Å². The number of aromatic nitrogens is 4. The summed E-state index contributed by atoms with van der Waals surface area (Å²) in [5, 5.41) is 4.28. The van der Waals surface area contributed by atoms with Gasteiger partial charge in [-0.2, -0.15) is 10.1 Å². The Labute approximate surface area is 135 Å². The van der Waals surface area contributed by atoms with Gasteiger partial charge in [-0.25, -0.2) is 9.50 Å². The van der Waals surface area contributed by atoms with Crippen molar-refractivity contribution in [2.24, 2.45) is 5.92 Å². The lowest BCUT2D eigenvalue weighted by Crippen LogP contribution is -2.42. The van der Waals surface area contributed by atoms with Crippen molar-refractivity contribution in [1.82, 2.24) is 24.5 Å². The summed E-state index contributed by atoms with van der Waals surface area (Å²) in [5.74, 6) is 1.76. The molecule has 2 aromatic heterocycles. The van der Waals surface area contributed by atoms with E-state index in [2.05, 4.69) is 20.0 Å². The fourth-order valence-electron chi connectivity index (χ4n) is 4.07. The number of hydrogen-bond donors (Lipinski definition) is 0. The summed E-state index contributed by atoms with van der Waals surface area (Å²) in [6.45, 7) is 1.72. The second-order valence-electron chi connectivity index (χ2n) is 6.78. The minimum Gasteiger partial charge on any atom is -0.342 e. The number of carbonyl (C=O) groups excluding carboxylic acids is 1. The lowest BCUT2D eigenvalue weighted by Gasteiger charge is -2.35. The Balaban J connectivity index is 1.42. The third-order valence-corrected chi connectivity index (χ3v) is 5.39. The molecule has 0 atom stereocenters. The normalized spacial score (nSPS) is 21.0. The van der Waals surface area contributed by atoms with Crippen LogP contribution in [-0.4, -0.2) is 43.5 Å². The fourth-order valence-corrected chi connectivity index (χ4v) is 4.07. The Morgan fingerprint density at radius 3 is 2.61 bits per heavy atom. The Morgan fingerprint density at radius 1 is 1.04 bits per heavy atom. The molecule has 0 aromatic carbocycles. The summed E-state index contributed by atoms with van der Waals surface area (Å²) in [7, 11) is 0. The maximum atomic E-state index is 12.7. The van der Waals surface area contributed by atoms with Gasteiger partial charge in [-0.3, -0.25) is 4.79 Å². The molecule has 0 N–H and O–H groups in total. The van der Waals surface area contributed by atoms with Crippen LogP contribution < -0.4 is 0 Å². The number of hydrogen-bond acceptors (Lipinski definition) is 4. The van der Waals surface area contributed by atoms with Crippen LogP contribution in [-0.2, 0) is 4.79 Å². The summed E-state index contributed by atoms with van der Waals surface area (Å²) < 4.78 is 1.84. The third kappa shape index (κ3) is 2.82. The standard InChI is InChI=1S/C17H23N5O/c23-16(14-4-2-1-3-5-14)21-10-7-13(8-11-21)15-6-9-18-17-19-12-20-22(15)17/h6,9,12-14H,1-5,7-8,10-11H2. The van der Waals surface area contributed by atoms with Crippen LogP contribution in [0.2, 0.25) is 0 Å². The largest absolute Gasteiger partial charge is 0.342 e. The van der Waals surface area contributed by atoms with Gasteiger partial charge in [0.2, 0.25) is 5.91 Å². The molecule has 122 valence electrons. The van der Waals surface area contributed by atoms with Crippen LogP contribution in [0.25, 0.3) is 5.78 Å². The molecule has 1 saturated carbocycles. The first-order valence-electron chi connectivity index (χ1n) is 8.76. The maximum Gasteiger partial charge on any atom is 0.252 e. The molecule has 1 aliphatic heterocycles. The predicted octanol–water partition coefficient (Wildman–Crippen LogP) is 2.41. The molecular weight excluding hydrogens is 290 g/mol. The zero-order chi connectivity index (χ0) is 15.6. The molecule has 1 aliphatic carbocycles. The zero-order valence-corrected chi connectivity index (χ0v) is 13.4. The molecule has 6 nitrogen and oxygen atoms in total. The zero-order valence-electron chi connectivity index (χ0n) is 13.4. The molecule has 1 saturated heterocycles. The molecule has 4 rings (SSSR count). The van der Waals surface area contributed by atoms with Gasteiger partial charge in [0.25, 0.3) is 5.78 Å². The highest BCUT2D eigenvalue weighted by atomic mass is 16.2. The topological polar surface area (TPSA) is 63.4 Å². The third-order valence-electron chi connectivity index (χ3n) is 5.39. The average Bonchev–Trinajstić information content (AvgIpc) is 3.11. The molecule has 0 spiro atoms. The minimum absolute atomic E-state index is 0.281. The molecular formula is C17H23N5O. The van der Waals surface area contributed by atoms with Crippen molar-refractivity contribution in [1.29, 1.82) is 0 Å². The first-order chi connectivity index (χ1) is 11.3. The van der Waals surface area contributed by atoms with E-state index < -0.39 is 0 Å². The van der Waals surface area contributed by atoms with Crippen LogP contribution in [0.1, 0.15) is 56.6 Å². The van der Waals surface area contributed by atoms with E-state index >= 15 is 0 Å². The van der Waals surface area contributed by atoms with E-state index in [0.717, 1.165) is 44.5 Å². The Hall–Kier alpha value is -1.98. The van der Waals surface area contributed by atoms with Gasteiger partial charge in [-0.15, -0.1) is 0 Å². The molecule has 2 fully saturated rings. The van der Waals surface area contributed by atoms with Gasteiger partial charge >= 0.3 is 0 Å². The molecule has 3 heterocycles. The van der Waals surface area contributed by atoms with Crippen molar-refractivity contribution >= 4 is 11.7 Å². The number of fused-ring (bicyclic) bond motifs is 1. The van der Waals surface area contributed by atoms with Crippen LogP contribution in [0.3, 0.4) is 0 Å². The molecule has 0 radical (unpaired) electrons. The van der Waals surface area contributed by atoms with E-state index in [0.29, 0.717) is 17.6 Å². The molecule has 0 bridgehead atoms. The van der Waals surface area contributed by atoms with Gasteiger partial charge in [-0.1, -0.05) is 19.3 Å². The molecule has 0 unspecified atom stereocenters. The Kier molecular flexibility index (Phi) is 3.97. The van der Waals surface area contributed by atoms with E-state index in [9.17, 15) is 4.79 Å². The first-order valence-corrected chi connectivity index (χ1v) is 8.76. The van der Waals surface area contributed by atoms with Crippen molar-refractivity contribution in [2.45, 2.75) is 50.9 Å². The fraction of sp³-hybridized carbons (Fsp3) is 0.647. The van der Waals surface area contributed by atoms with Gasteiger partial charge in [0.15, 0.2) is 0 Å². The van der Waals surface area contributed by atoms with E-state index in [1.807, 2.05) is 10.6 Å². The summed E-state index contributed by atoms with van der Waals surface area (Å²) >= 11 is 0. The number of piperidine rings is 1. The molecule has 1 amide bonds. The van der Waals surface area contributed by atoms with Crippen molar-refractivity contribution < 1.29 is 4.79 Å². The molecule has 6 heteroatoms. The summed E-state index contributed by atoms with van der Waals surface area (Å²) in [5.41, 5.74) is 1.16. The quantitative estimate of drug-likeness (QED) is 0.854. The predicted molar refractivity (Wildman–Crippen MR) is 85.9 cm³/mol. The van der Waals surface area contributed by atoms with E-state index in [1.165, 1.54) is 19.3 Å². The highest BCUT2D eigenvalue weighted by Gasteiger charge is 2.30. The van der Waals surface area contributed by atoms with Crippen LogP contribution in [0.5, 0.6) is 0 Å². The molecule has 2 aliphatic rings. The van der Waals surface area contributed by atoms with Gasteiger partial charge in [0.1, 0.15) is 6.33 Å². The smallest absolute Gasteiger partial charge is 0.252 e. The highest BCUT2D eigenvalue weighted by molar-refractivity contribution is 5.79. The lowest BCUT2D eigenvalue weighted by atomic mass is 9.87. The van der Waals surface area contributed by atoms with Crippen molar-refractivity contribution in [3.8, 4) is 0 Å². The van der Waals surface area contributed by atoms with E-state index in [4.69, 9.17) is 0 Å². The number of carbonyl (C=O) groups is 1. The number of amides is 1. The summed E-state index contributed by atoms with van der Waals surface area (Å²) in [6.07, 6.45) is 11.2. The van der Waals surface area contributed by atoms with Crippen LogP contribution in [0.15, 0.2) is 18.6 Å². The van der Waals surface area contributed by atoms with Crippen LogP contribution >= 0.6 is 0 Å². The SMILES string of the molecule is O=C(C1CCCCC1)N1CCC(c2ccnc3ncnn23)CC1. The number of rotatable bonds is 2. The Bertz CT molecular complexity index is 683. The van der Waals surface area contributed by atoms with E-state index in [-0.39, 0.29) is 5.92 Å². The van der Waals surface area contributed by atoms with Crippen molar-refractivity contribution in [3.05, 3.63) is 24.3 Å². The van der Waals surface area contributed by atoms with Crippen molar-refractivity contribution in [3.63, 3.8) is 0 Å². The van der Waals surface area contributed by atoms with E-state index in [1.54, 1.807) is 12.5 Å². The molecule has 23 heavy (non-hydrogen) atoms. The van der Waals surface area contributed by atoms with Gasteiger partial charge in [0, 0.05) is 31.1 Å². The molecule has 2 aromatic rings. The lowest BCUT2D eigenvalue weighted by molar-refractivity contribution is -0.137.